The van der Waals surface area contributed by atoms with Gasteiger partial charge in [0.15, 0.2) is 5.65 Å². The first-order valence-electron chi connectivity index (χ1n) is 9.44. The minimum absolute atomic E-state index is 0.0269. The van der Waals surface area contributed by atoms with Crippen LogP contribution in [0.2, 0.25) is 0 Å². The summed E-state index contributed by atoms with van der Waals surface area (Å²) in [7, 11) is 3.30. The quantitative estimate of drug-likeness (QED) is 0.658. The maximum absolute atomic E-state index is 12.9. The number of methoxy groups -OCH3 is 2. The lowest BCUT2D eigenvalue weighted by atomic mass is 10.1. The lowest BCUT2D eigenvalue weighted by molar-refractivity contribution is 0.0790. The Morgan fingerprint density at radius 1 is 1.25 bits per heavy atom. The number of ether oxygens (including phenoxy) is 2. The van der Waals surface area contributed by atoms with Gasteiger partial charge in [-0.25, -0.2) is 9.97 Å². The molecule has 146 valence electrons. The smallest absolute Gasteiger partial charge is 0.254 e. The highest BCUT2D eigenvalue weighted by Crippen LogP contribution is 2.30. The van der Waals surface area contributed by atoms with Crippen LogP contribution in [-0.2, 0) is 11.3 Å². The lowest BCUT2D eigenvalue weighted by Gasteiger charge is -2.17. The fourth-order valence-electron chi connectivity index (χ4n) is 3.78. The van der Waals surface area contributed by atoms with Crippen LogP contribution in [0.5, 0.6) is 5.75 Å². The van der Waals surface area contributed by atoms with Crippen molar-refractivity contribution >= 4 is 17.1 Å². The monoisotopic (exact) mass is 380 g/mol. The third-order valence-electron chi connectivity index (χ3n) is 5.21. The van der Waals surface area contributed by atoms with E-state index in [-0.39, 0.29) is 11.8 Å². The zero-order valence-electron chi connectivity index (χ0n) is 16.2. The predicted molar refractivity (Wildman–Crippen MR) is 106 cm³/mol. The van der Waals surface area contributed by atoms with Crippen molar-refractivity contribution in [1.82, 2.24) is 19.4 Å². The number of fused-ring (bicyclic) bond motifs is 1. The summed E-state index contributed by atoms with van der Waals surface area (Å²) < 4.78 is 12.6. The van der Waals surface area contributed by atoms with Crippen LogP contribution in [0, 0.1) is 0 Å². The Kier molecular flexibility index (Phi) is 5.25. The number of benzene rings is 1. The van der Waals surface area contributed by atoms with Crippen LogP contribution in [0.3, 0.4) is 0 Å². The number of hydrogen-bond acceptors (Lipinski definition) is 5. The third-order valence-corrected chi connectivity index (χ3v) is 5.21. The van der Waals surface area contributed by atoms with Gasteiger partial charge in [0.2, 0.25) is 0 Å². The van der Waals surface area contributed by atoms with Gasteiger partial charge in [-0.2, -0.15) is 0 Å². The number of amides is 1. The van der Waals surface area contributed by atoms with E-state index in [2.05, 4.69) is 9.55 Å². The maximum Gasteiger partial charge on any atom is 0.254 e. The van der Waals surface area contributed by atoms with E-state index < -0.39 is 0 Å². The van der Waals surface area contributed by atoms with E-state index in [9.17, 15) is 4.79 Å². The third kappa shape index (κ3) is 3.45. The highest BCUT2D eigenvalue weighted by molar-refractivity contribution is 5.94. The summed E-state index contributed by atoms with van der Waals surface area (Å²) in [5.74, 6) is 1.88. The first kappa shape index (κ1) is 18.4. The lowest BCUT2D eigenvalue weighted by Crippen LogP contribution is -2.28. The summed E-state index contributed by atoms with van der Waals surface area (Å²) in [6.45, 7) is 2.64. The van der Waals surface area contributed by atoms with Crippen molar-refractivity contribution in [3.63, 3.8) is 0 Å². The molecule has 0 unspecified atom stereocenters. The van der Waals surface area contributed by atoms with Crippen LogP contribution in [0.25, 0.3) is 11.2 Å². The molecule has 2 aromatic heterocycles. The molecule has 0 aliphatic carbocycles. The summed E-state index contributed by atoms with van der Waals surface area (Å²) in [6, 6.07) is 11.2. The number of imidazole rings is 1. The van der Waals surface area contributed by atoms with E-state index in [0.29, 0.717) is 37.6 Å². The summed E-state index contributed by atoms with van der Waals surface area (Å²) in [4.78, 5) is 24.2. The average Bonchev–Trinajstić information content (AvgIpc) is 3.36. The molecular formula is C21H24N4O3. The average molecular weight is 380 g/mol. The van der Waals surface area contributed by atoms with Gasteiger partial charge in [0.1, 0.15) is 17.1 Å². The number of nitrogens with zero attached hydrogens (tertiary/aromatic N) is 4. The highest BCUT2D eigenvalue weighted by Gasteiger charge is 2.31. The topological polar surface area (TPSA) is 69.5 Å². The molecule has 0 radical (unpaired) electrons. The molecule has 0 bridgehead atoms. The minimum atomic E-state index is 0.0269. The first-order valence-corrected chi connectivity index (χ1v) is 9.44. The Hall–Kier alpha value is -2.93. The van der Waals surface area contributed by atoms with Gasteiger partial charge in [0, 0.05) is 44.4 Å². The molecule has 3 heterocycles. The highest BCUT2D eigenvalue weighted by atomic mass is 16.5. The van der Waals surface area contributed by atoms with Crippen molar-refractivity contribution in [3.05, 3.63) is 54.0 Å². The SMILES string of the molecule is COCCn1c([C@H]2CCN(C(=O)c3cccc(OC)c3)C2)nc2cccnc21. The van der Waals surface area contributed by atoms with E-state index in [4.69, 9.17) is 14.5 Å². The molecule has 28 heavy (non-hydrogen) atoms. The van der Waals surface area contributed by atoms with Crippen LogP contribution in [0.1, 0.15) is 28.5 Å². The predicted octanol–water partition coefficient (Wildman–Crippen LogP) is 2.72. The standard InChI is InChI=1S/C21H24N4O3/c1-27-12-11-25-19(23-18-7-4-9-22-20(18)25)16-8-10-24(14-16)21(26)15-5-3-6-17(13-15)28-2/h3-7,9,13,16H,8,10-12,14H2,1-2H3/t16-/m0/s1. The number of likely N-dealkylation sites (tertiary alicyclic amines) is 1. The first-order chi connectivity index (χ1) is 13.7. The largest absolute Gasteiger partial charge is 0.497 e. The molecular weight excluding hydrogens is 356 g/mol. The second-order valence-corrected chi connectivity index (χ2v) is 6.93. The van der Waals surface area contributed by atoms with Gasteiger partial charge >= 0.3 is 0 Å². The van der Waals surface area contributed by atoms with Crippen LogP contribution in [-0.4, -0.2) is 59.3 Å². The van der Waals surface area contributed by atoms with Gasteiger partial charge in [-0.15, -0.1) is 0 Å². The van der Waals surface area contributed by atoms with Crippen LogP contribution in [0.4, 0.5) is 0 Å². The fraction of sp³-hybridized carbons (Fsp3) is 0.381. The second kappa shape index (κ2) is 7.98. The molecule has 0 N–H and O–H groups in total. The molecule has 4 rings (SSSR count). The Morgan fingerprint density at radius 2 is 2.14 bits per heavy atom. The Bertz CT molecular complexity index is 985. The van der Waals surface area contributed by atoms with Crippen molar-refractivity contribution in [2.24, 2.45) is 0 Å². The maximum atomic E-state index is 12.9. The van der Waals surface area contributed by atoms with Crippen molar-refractivity contribution in [1.29, 1.82) is 0 Å². The minimum Gasteiger partial charge on any atom is -0.497 e. The molecule has 1 aromatic carbocycles. The van der Waals surface area contributed by atoms with Gasteiger partial charge in [-0.1, -0.05) is 6.07 Å². The van der Waals surface area contributed by atoms with Crippen molar-refractivity contribution in [3.8, 4) is 5.75 Å². The van der Waals surface area contributed by atoms with E-state index in [1.54, 1.807) is 26.5 Å². The van der Waals surface area contributed by atoms with Gasteiger partial charge in [-0.05, 0) is 36.8 Å². The van der Waals surface area contributed by atoms with Crippen molar-refractivity contribution in [2.45, 2.75) is 18.9 Å². The van der Waals surface area contributed by atoms with Gasteiger partial charge in [0.25, 0.3) is 5.91 Å². The summed E-state index contributed by atoms with van der Waals surface area (Å²) in [5.41, 5.74) is 2.40. The zero-order chi connectivity index (χ0) is 19.5. The Balaban J connectivity index is 1.57. The molecule has 0 saturated carbocycles. The molecule has 1 saturated heterocycles. The molecule has 1 aliphatic heterocycles. The van der Waals surface area contributed by atoms with Crippen LogP contribution >= 0.6 is 0 Å². The molecule has 3 aromatic rings. The van der Waals surface area contributed by atoms with Gasteiger partial charge < -0.3 is 18.9 Å². The molecule has 1 atom stereocenters. The number of pyridine rings is 1. The number of aromatic nitrogens is 3. The van der Waals surface area contributed by atoms with Crippen molar-refractivity contribution in [2.75, 3.05) is 33.9 Å². The van der Waals surface area contributed by atoms with Crippen LogP contribution < -0.4 is 4.74 Å². The molecule has 1 aliphatic rings. The van der Waals surface area contributed by atoms with E-state index in [1.807, 2.05) is 35.2 Å². The Morgan fingerprint density at radius 3 is 2.96 bits per heavy atom. The molecule has 0 spiro atoms. The molecule has 1 fully saturated rings. The number of carbonyl (C=O) groups is 1. The van der Waals surface area contributed by atoms with Crippen molar-refractivity contribution < 1.29 is 14.3 Å². The summed E-state index contributed by atoms with van der Waals surface area (Å²) in [6.07, 6.45) is 2.66. The number of hydrogen-bond donors (Lipinski definition) is 0. The molecule has 1 amide bonds. The van der Waals surface area contributed by atoms with E-state index in [1.165, 1.54) is 0 Å². The summed E-state index contributed by atoms with van der Waals surface area (Å²) >= 11 is 0. The van der Waals surface area contributed by atoms with E-state index >= 15 is 0 Å². The normalized spacial score (nSPS) is 16.6. The second-order valence-electron chi connectivity index (χ2n) is 6.93. The fourth-order valence-corrected chi connectivity index (χ4v) is 3.78. The zero-order valence-corrected chi connectivity index (χ0v) is 16.2. The Labute approximate surface area is 163 Å². The van der Waals surface area contributed by atoms with Crippen LogP contribution in [0.15, 0.2) is 42.6 Å². The van der Waals surface area contributed by atoms with E-state index in [0.717, 1.165) is 23.4 Å². The molecule has 7 heteroatoms. The van der Waals surface area contributed by atoms with Gasteiger partial charge in [0.05, 0.1) is 13.7 Å². The number of rotatable bonds is 6. The molecule has 7 nitrogen and oxygen atoms in total. The van der Waals surface area contributed by atoms with Gasteiger partial charge in [-0.3, -0.25) is 4.79 Å². The summed E-state index contributed by atoms with van der Waals surface area (Å²) in [5, 5.41) is 0. The number of carbonyl (C=O) groups excluding carboxylic acids is 1.